The Morgan fingerprint density at radius 3 is 2.75 bits per heavy atom. The molecule has 5 nitrogen and oxygen atoms in total. The molecular weight excluding hydrogens is 276 g/mol. The molecule has 0 aliphatic heterocycles. The minimum atomic E-state index is -3.51. The first-order chi connectivity index (χ1) is 9.54. The molecule has 6 heteroatoms. The third-order valence-electron chi connectivity index (χ3n) is 3.45. The van der Waals surface area contributed by atoms with Crippen LogP contribution in [0.4, 0.5) is 0 Å². The van der Waals surface area contributed by atoms with E-state index in [2.05, 4.69) is 6.58 Å². The van der Waals surface area contributed by atoms with Gasteiger partial charge in [0, 0.05) is 31.0 Å². The lowest BCUT2D eigenvalue weighted by atomic mass is 10.4. The average molecular weight is 298 g/mol. The second-order valence-electron chi connectivity index (χ2n) is 5.12. The molecule has 1 aromatic rings. The molecule has 1 saturated carbocycles. The highest BCUT2D eigenvalue weighted by molar-refractivity contribution is 7.89. The van der Waals surface area contributed by atoms with Crippen molar-refractivity contribution in [3.63, 3.8) is 0 Å². The first kappa shape index (κ1) is 15.3. The first-order valence-electron chi connectivity index (χ1n) is 6.97. The molecule has 1 fully saturated rings. The third kappa shape index (κ3) is 2.97. The molecule has 0 bridgehead atoms. The Kier molecular flexibility index (Phi) is 4.67. The Morgan fingerprint density at radius 1 is 1.55 bits per heavy atom. The molecule has 1 aromatic heterocycles. The van der Waals surface area contributed by atoms with Crippen LogP contribution >= 0.6 is 0 Å². The van der Waals surface area contributed by atoms with Crippen LogP contribution in [0.2, 0.25) is 0 Å². The van der Waals surface area contributed by atoms with E-state index in [1.807, 2.05) is 11.5 Å². The Balaban J connectivity index is 2.34. The zero-order valence-corrected chi connectivity index (χ0v) is 12.6. The molecule has 20 heavy (non-hydrogen) atoms. The van der Waals surface area contributed by atoms with Gasteiger partial charge in [-0.05, 0) is 25.3 Å². The molecule has 1 aliphatic carbocycles. The number of nitrogens with zero attached hydrogens (tertiary/aromatic N) is 2. The zero-order chi connectivity index (χ0) is 14.8. The molecule has 0 radical (unpaired) electrons. The largest absolute Gasteiger partial charge is 0.390 e. The van der Waals surface area contributed by atoms with Crippen molar-refractivity contribution in [3.05, 3.63) is 30.6 Å². The highest BCUT2D eigenvalue weighted by Crippen LogP contribution is 2.37. The van der Waals surface area contributed by atoms with Crippen LogP contribution in [0.3, 0.4) is 0 Å². The average Bonchev–Trinajstić information content (AvgIpc) is 3.17. The van der Waals surface area contributed by atoms with Gasteiger partial charge < -0.3 is 9.67 Å². The van der Waals surface area contributed by atoms with Crippen LogP contribution in [0.5, 0.6) is 0 Å². The summed E-state index contributed by atoms with van der Waals surface area (Å²) < 4.78 is 28.6. The van der Waals surface area contributed by atoms with Crippen LogP contribution < -0.4 is 0 Å². The predicted molar refractivity (Wildman–Crippen MR) is 77.9 cm³/mol. The Bertz CT molecular complexity index is 573. The second-order valence-corrected chi connectivity index (χ2v) is 7.05. The van der Waals surface area contributed by atoms with Crippen molar-refractivity contribution >= 4 is 10.0 Å². The topological polar surface area (TPSA) is 62.5 Å². The maximum absolute atomic E-state index is 12.6. The summed E-state index contributed by atoms with van der Waals surface area (Å²) in [6.45, 7) is 6.20. The lowest BCUT2D eigenvalue weighted by Gasteiger charge is -2.19. The van der Waals surface area contributed by atoms with Crippen molar-refractivity contribution in [1.29, 1.82) is 0 Å². The minimum Gasteiger partial charge on any atom is -0.390 e. The minimum absolute atomic E-state index is 0.138. The number of sulfonamides is 1. The SMILES string of the molecule is C=CCN(CCC)S(=O)(=O)c1cc(CO)n(C2CC2)c1. The van der Waals surface area contributed by atoms with Crippen molar-refractivity contribution in [2.75, 3.05) is 13.1 Å². The van der Waals surface area contributed by atoms with Gasteiger partial charge in [-0.25, -0.2) is 8.42 Å². The standard InChI is InChI=1S/C14H22N2O3S/c1-3-7-15(8-4-2)20(18,19)14-9-13(11-17)16(10-14)12-5-6-12/h3,9-10,12,17H,1,4-8,11H2,2H3. The van der Waals surface area contributed by atoms with Gasteiger partial charge >= 0.3 is 0 Å². The van der Waals surface area contributed by atoms with E-state index >= 15 is 0 Å². The summed E-state index contributed by atoms with van der Waals surface area (Å²) in [7, 11) is -3.51. The van der Waals surface area contributed by atoms with Gasteiger partial charge in [0.2, 0.25) is 10.0 Å². The monoisotopic (exact) mass is 298 g/mol. The summed E-state index contributed by atoms with van der Waals surface area (Å²) in [5.74, 6) is 0. The lowest BCUT2D eigenvalue weighted by molar-refractivity contribution is 0.270. The van der Waals surface area contributed by atoms with Gasteiger partial charge in [0.25, 0.3) is 0 Å². The zero-order valence-electron chi connectivity index (χ0n) is 11.8. The van der Waals surface area contributed by atoms with E-state index in [0.717, 1.165) is 19.3 Å². The van der Waals surface area contributed by atoms with E-state index in [0.29, 0.717) is 24.8 Å². The van der Waals surface area contributed by atoms with Gasteiger partial charge in [-0.1, -0.05) is 13.0 Å². The molecule has 0 atom stereocenters. The van der Waals surface area contributed by atoms with Gasteiger partial charge in [0.15, 0.2) is 0 Å². The van der Waals surface area contributed by atoms with Crippen LogP contribution in [0.15, 0.2) is 29.8 Å². The molecule has 0 aromatic carbocycles. The van der Waals surface area contributed by atoms with Gasteiger partial charge in [-0.2, -0.15) is 4.31 Å². The third-order valence-corrected chi connectivity index (χ3v) is 5.28. The van der Waals surface area contributed by atoms with Crippen LogP contribution in [-0.2, 0) is 16.6 Å². The molecule has 1 heterocycles. The maximum atomic E-state index is 12.6. The second kappa shape index (κ2) is 6.11. The van der Waals surface area contributed by atoms with Gasteiger partial charge in [-0.15, -0.1) is 6.58 Å². The maximum Gasteiger partial charge on any atom is 0.244 e. The fourth-order valence-electron chi connectivity index (χ4n) is 2.31. The fourth-order valence-corrected chi connectivity index (χ4v) is 3.86. The van der Waals surface area contributed by atoms with Gasteiger partial charge in [0.05, 0.1) is 6.61 Å². The van der Waals surface area contributed by atoms with E-state index in [1.54, 1.807) is 18.3 Å². The van der Waals surface area contributed by atoms with Crippen LogP contribution in [0.25, 0.3) is 0 Å². The van der Waals surface area contributed by atoms with E-state index < -0.39 is 10.0 Å². The van der Waals surface area contributed by atoms with Crippen LogP contribution in [-0.4, -0.2) is 35.5 Å². The van der Waals surface area contributed by atoms with Crippen molar-refractivity contribution in [2.24, 2.45) is 0 Å². The fraction of sp³-hybridized carbons (Fsp3) is 0.571. The van der Waals surface area contributed by atoms with Crippen molar-refractivity contribution in [2.45, 2.75) is 43.7 Å². The number of hydrogen-bond donors (Lipinski definition) is 1. The number of aromatic nitrogens is 1. The predicted octanol–water partition coefficient (Wildman–Crippen LogP) is 1.90. The molecule has 0 unspecified atom stereocenters. The smallest absolute Gasteiger partial charge is 0.244 e. The van der Waals surface area contributed by atoms with E-state index in [1.165, 1.54) is 4.31 Å². The molecule has 112 valence electrons. The Hall–Kier alpha value is -1.11. The molecule has 2 rings (SSSR count). The molecule has 0 spiro atoms. The van der Waals surface area contributed by atoms with Crippen molar-refractivity contribution in [1.82, 2.24) is 8.87 Å². The van der Waals surface area contributed by atoms with Crippen molar-refractivity contribution in [3.8, 4) is 0 Å². The van der Waals surface area contributed by atoms with Crippen LogP contribution in [0.1, 0.15) is 37.9 Å². The Morgan fingerprint density at radius 2 is 2.25 bits per heavy atom. The first-order valence-corrected chi connectivity index (χ1v) is 8.41. The number of aliphatic hydroxyl groups is 1. The quantitative estimate of drug-likeness (QED) is 0.746. The molecule has 1 N–H and O–H groups in total. The molecule has 0 amide bonds. The summed E-state index contributed by atoms with van der Waals surface area (Å²) in [6.07, 6.45) is 6.10. The molecule has 0 saturated heterocycles. The van der Waals surface area contributed by atoms with E-state index in [-0.39, 0.29) is 11.5 Å². The normalized spacial score (nSPS) is 15.8. The summed E-state index contributed by atoms with van der Waals surface area (Å²) in [6, 6.07) is 1.93. The van der Waals surface area contributed by atoms with Gasteiger partial charge in [0.1, 0.15) is 4.90 Å². The molecular formula is C14H22N2O3S. The van der Waals surface area contributed by atoms with E-state index in [9.17, 15) is 13.5 Å². The van der Waals surface area contributed by atoms with Crippen molar-refractivity contribution < 1.29 is 13.5 Å². The number of rotatable bonds is 8. The van der Waals surface area contributed by atoms with E-state index in [4.69, 9.17) is 0 Å². The summed E-state index contributed by atoms with van der Waals surface area (Å²) >= 11 is 0. The van der Waals surface area contributed by atoms with Gasteiger partial charge in [-0.3, -0.25) is 0 Å². The lowest BCUT2D eigenvalue weighted by Crippen LogP contribution is -2.31. The highest BCUT2D eigenvalue weighted by Gasteiger charge is 2.30. The van der Waals surface area contributed by atoms with Crippen LogP contribution in [0, 0.1) is 0 Å². The molecule has 1 aliphatic rings. The number of hydrogen-bond acceptors (Lipinski definition) is 3. The highest BCUT2D eigenvalue weighted by atomic mass is 32.2. The Labute approximate surface area is 120 Å². The number of aliphatic hydroxyl groups excluding tert-OH is 1. The summed E-state index contributed by atoms with van der Waals surface area (Å²) in [5, 5.41) is 9.37. The summed E-state index contributed by atoms with van der Waals surface area (Å²) in [5.41, 5.74) is 0.668. The summed E-state index contributed by atoms with van der Waals surface area (Å²) in [4.78, 5) is 0.267.